The number of nitrogens with zero attached hydrogens (tertiary/aromatic N) is 3. The summed E-state index contributed by atoms with van der Waals surface area (Å²) in [5, 5.41) is 9.25. The molecule has 1 atom stereocenters. The minimum atomic E-state index is -0.600. The molecule has 1 rings (SSSR count). The van der Waals surface area contributed by atoms with Gasteiger partial charge in [-0.2, -0.15) is 5.26 Å². The Balaban J connectivity index is 2.67. The van der Waals surface area contributed by atoms with E-state index in [1.165, 1.54) is 4.90 Å². The third-order valence-corrected chi connectivity index (χ3v) is 3.08. The zero-order valence-corrected chi connectivity index (χ0v) is 13.5. The monoisotopic (exact) mass is 295 g/mol. The molecule has 6 nitrogen and oxygen atoms in total. The highest BCUT2D eigenvalue weighted by Crippen LogP contribution is 2.16. The van der Waals surface area contributed by atoms with Crippen molar-refractivity contribution in [3.63, 3.8) is 0 Å². The lowest BCUT2D eigenvalue weighted by molar-refractivity contribution is -0.135. The quantitative estimate of drug-likeness (QED) is 0.781. The van der Waals surface area contributed by atoms with Crippen molar-refractivity contribution in [2.45, 2.75) is 52.7 Å². The van der Waals surface area contributed by atoms with Gasteiger partial charge in [0.25, 0.3) is 0 Å². The molecule has 1 heterocycles. The Morgan fingerprint density at radius 3 is 2.43 bits per heavy atom. The largest absolute Gasteiger partial charge is 0.444 e. The molecule has 1 saturated heterocycles. The van der Waals surface area contributed by atoms with Crippen LogP contribution < -0.4 is 0 Å². The fraction of sp³-hybridized carbons (Fsp3) is 0.800. The number of carbonyl (C=O) groups excluding carboxylic acids is 2. The summed E-state index contributed by atoms with van der Waals surface area (Å²) >= 11 is 0. The summed E-state index contributed by atoms with van der Waals surface area (Å²) in [6, 6.07) is 1.51. The van der Waals surface area contributed by atoms with Gasteiger partial charge in [-0.25, -0.2) is 4.79 Å². The Morgan fingerprint density at radius 1 is 1.33 bits per heavy atom. The third-order valence-electron chi connectivity index (χ3n) is 3.08. The fourth-order valence-electron chi connectivity index (χ4n) is 2.15. The lowest BCUT2D eigenvalue weighted by Gasteiger charge is -2.38. The van der Waals surface area contributed by atoms with Crippen molar-refractivity contribution in [2.24, 2.45) is 5.92 Å². The first-order valence-electron chi connectivity index (χ1n) is 7.31. The highest BCUT2D eigenvalue weighted by atomic mass is 16.6. The van der Waals surface area contributed by atoms with Crippen LogP contribution in [-0.2, 0) is 9.53 Å². The van der Waals surface area contributed by atoms with Crippen LogP contribution in [0, 0.1) is 17.2 Å². The van der Waals surface area contributed by atoms with Crippen LogP contribution in [0.25, 0.3) is 0 Å². The number of rotatable bonds is 2. The van der Waals surface area contributed by atoms with Crippen LogP contribution in [0.5, 0.6) is 0 Å². The highest BCUT2D eigenvalue weighted by Gasteiger charge is 2.34. The molecule has 0 radical (unpaired) electrons. The van der Waals surface area contributed by atoms with Gasteiger partial charge < -0.3 is 14.5 Å². The van der Waals surface area contributed by atoms with Gasteiger partial charge in [-0.05, 0) is 26.7 Å². The molecule has 0 spiro atoms. The second-order valence-corrected chi connectivity index (χ2v) is 6.76. The van der Waals surface area contributed by atoms with Crippen molar-refractivity contribution in [1.29, 1.82) is 5.26 Å². The molecule has 0 aliphatic carbocycles. The molecule has 0 unspecified atom stereocenters. The first kappa shape index (κ1) is 17.3. The Bertz CT molecular complexity index is 434. The lowest BCUT2D eigenvalue weighted by Crippen LogP contribution is -2.56. The number of ether oxygens (including phenoxy) is 1. The molecule has 1 aliphatic rings. The zero-order valence-electron chi connectivity index (χ0n) is 13.5. The van der Waals surface area contributed by atoms with E-state index in [4.69, 9.17) is 4.74 Å². The van der Waals surface area contributed by atoms with Gasteiger partial charge in [0.1, 0.15) is 11.6 Å². The van der Waals surface area contributed by atoms with Crippen LogP contribution in [0.4, 0.5) is 4.79 Å². The van der Waals surface area contributed by atoms with Crippen LogP contribution in [-0.4, -0.2) is 53.1 Å². The van der Waals surface area contributed by atoms with E-state index in [2.05, 4.69) is 6.07 Å². The summed E-state index contributed by atoms with van der Waals surface area (Å²) in [6.45, 7) is 10.3. The van der Waals surface area contributed by atoms with Crippen molar-refractivity contribution in [3.05, 3.63) is 0 Å². The number of hydrogen-bond donors (Lipinski definition) is 0. The molecule has 0 aromatic carbocycles. The van der Waals surface area contributed by atoms with E-state index in [-0.39, 0.29) is 18.4 Å². The van der Waals surface area contributed by atoms with E-state index >= 15 is 0 Å². The molecule has 21 heavy (non-hydrogen) atoms. The molecule has 0 N–H and O–H groups in total. The maximum Gasteiger partial charge on any atom is 0.410 e. The van der Waals surface area contributed by atoms with E-state index in [0.29, 0.717) is 19.5 Å². The van der Waals surface area contributed by atoms with Crippen LogP contribution >= 0.6 is 0 Å². The van der Waals surface area contributed by atoms with E-state index in [0.717, 1.165) is 0 Å². The standard InChI is InChI=1S/C15H25N3O3/c1-11(2)8-13(19)18-7-6-17(10-12(18)9-16)14(20)21-15(3,4)5/h11-12H,6-8,10H2,1-5H3/t12-/m0/s1. The molecule has 0 aromatic heterocycles. The summed E-state index contributed by atoms with van der Waals surface area (Å²) in [6.07, 6.45) is -0.0105. The minimum Gasteiger partial charge on any atom is -0.444 e. The second-order valence-electron chi connectivity index (χ2n) is 6.76. The molecule has 0 bridgehead atoms. The summed E-state index contributed by atoms with van der Waals surface area (Å²) in [4.78, 5) is 27.2. The number of nitriles is 1. The van der Waals surface area contributed by atoms with Crippen LogP contribution in [0.15, 0.2) is 0 Å². The average Bonchev–Trinajstić information content (AvgIpc) is 2.35. The summed E-state index contributed by atoms with van der Waals surface area (Å²) in [5.41, 5.74) is -0.566. The number of amides is 2. The number of piperazine rings is 1. The minimum absolute atomic E-state index is 0.0274. The van der Waals surface area contributed by atoms with Gasteiger partial charge in [-0.1, -0.05) is 13.8 Å². The predicted octanol–water partition coefficient (Wildman–Crippen LogP) is 2.00. The van der Waals surface area contributed by atoms with Crippen LogP contribution in [0.3, 0.4) is 0 Å². The van der Waals surface area contributed by atoms with Gasteiger partial charge in [0.15, 0.2) is 0 Å². The van der Waals surface area contributed by atoms with Crippen molar-refractivity contribution in [1.82, 2.24) is 9.80 Å². The van der Waals surface area contributed by atoms with Gasteiger partial charge in [0.05, 0.1) is 12.6 Å². The normalized spacial score (nSPS) is 19.4. The van der Waals surface area contributed by atoms with E-state index < -0.39 is 17.7 Å². The molecule has 118 valence electrons. The summed E-state index contributed by atoms with van der Waals surface area (Å²) < 4.78 is 5.30. The average molecular weight is 295 g/mol. The van der Waals surface area contributed by atoms with Gasteiger partial charge in [0.2, 0.25) is 5.91 Å². The van der Waals surface area contributed by atoms with Crippen molar-refractivity contribution in [3.8, 4) is 6.07 Å². The van der Waals surface area contributed by atoms with Gasteiger partial charge >= 0.3 is 6.09 Å². The van der Waals surface area contributed by atoms with Crippen LogP contribution in [0.2, 0.25) is 0 Å². The zero-order chi connectivity index (χ0) is 16.2. The first-order chi connectivity index (χ1) is 9.64. The Labute approximate surface area is 126 Å². The maximum atomic E-state index is 12.1. The van der Waals surface area contributed by atoms with Crippen molar-refractivity contribution in [2.75, 3.05) is 19.6 Å². The SMILES string of the molecule is CC(C)CC(=O)N1CCN(C(=O)OC(C)(C)C)C[C@@H]1C#N. The summed E-state index contributed by atoms with van der Waals surface area (Å²) in [5.74, 6) is 0.223. The smallest absolute Gasteiger partial charge is 0.410 e. The molecular weight excluding hydrogens is 270 g/mol. The van der Waals surface area contributed by atoms with Gasteiger partial charge in [-0.15, -0.1) is 0 Å². The van der Waals surface area contributed by atoms with E-state index in [1.807, 2.05) is 13.8 Å². The highest BCUT2D eigenvalue weighted by molar-refractivity contribution is 5.78. The van der Waals surface area contributed by atoms with Gasteiger partial charge in [0, 0.05) is 19.5 Å². The molecular formula is C15H25N3O3. The Morgan fingerprint density at radius 2 is 1.95 bits per heavy atom. The molecule has 0 aromatic rings. The predicted molar refractivity (Wildman–Crippen MR) is 78.4 cm³/mol. The topological polar surface area (TPSA) is 73.6 Å². The molecule has 6 heteroatoms. The van der Waals surface area contributed by atoms with Crippen molar-refractivity contribution < 1.29 is 14.3 Å². The van der Waals surface area contributed by atoms with Crippen LogP contribution in [0.1, 0.15) is 41.0 Å². The van der Waals surface area contributed by atoms with E-state index in [9.17, 15) is 14.9 Å². The molecule has 1 fully saturated rings. The lowest BCUT2D eigenvalue weighted by atomic mass is 10.1. The number of hydrogen-bond acceptors (Lipinski definition) is 4. The Hall–Kier alpha value is -1.77. The third kappa shape index (κ3) is 5.25. The Kier molecular flexibility index (Phi) is 5.59. The van der Waals surface area contributed by atoms with Crippen molar-refractivity contribution >= 4 is 12.0 Å². The van der Waals surface area contributed by atoms with Gasteiger partial charge in [-0.3, -0.25) is 4.79 Å². The number of carbonyl (C=O) groups is 2. The molecule has 0 saturated carbocycles. The fourth-order valence-corrected chi connectivity index (χ4v) is 2.15. The second kappa shape index (κ2) is 6.79. The molecule has 2 amide bonds. The van der Waals surface area contributed by atoms with E-state index in [1.54, 1.807) is 25.7 Å². The first-order valence-corrected chi connectivity index (χ1v) is 7.31. The maximum absolute atomic E-state index is 12.1. The molecule has 1 aliphatic heterocycles. The summed E-state index contributed by atoms with van der Waals surface area (Å²) in [7, 11) is 0.